The van der Waals surface area contributed by atoms with E-state index in [-0.39, 0.29) is 0 Å². The first-order valence-electron chi connectivity index (χ1n) is 7.56. The zero-order chi connectivity index (χ0) is 16.2. The van der Waals surface area contributed by atoms with Crippen LogP contribution in [0.4, 0.5) is 0 Å². The molecule has 0 fully saturated rings. The Morgan fingerprint density at radius 2 is 1.78 bits per heavy atom. The maximum absolute atomic E-state index is 11.6. The fraction of sp³-hybridized carbons (Fsp3) is 0.150. The molecule has 0 aliphatic heterocycles. The van der Waals surface area contributed by atoms with Crippen molar-refractivity contribution in [1.29, 1.82) is 0 Å². The van der Waals surface area contributed by atoms with E-state index >= 15 is 0 Å². The molecule has 1 N–H and O–H groups in total. The Morgan fingerprint density at radius 3 is 2.57 bits per heavy atom. The van der Waals surface area contributed by atoms with Gasteiger partial charge in [-0.25, -0.2) is 4.79 Å². The molecular formula is C20H18O3. The minimum absolute atomic E-state index is 0.324. The first kappa shape index (κ1) is 15.1. The molecule has 0 saturated heterocycles. The van der Waals surface area contributed by atoms with Gasteiger partial charge >= 0.3 is 5.97 Å². The number of benzene rings is 3. The molecule has 0 aliphatic carbocycles. The number of aryl methyl sites for hydroxylation is 1. The average molecular weight is 306 g/mol. The summed E-state index contributed by atoms with van der Waals surface area (Å²) in [5.41, 5.74) is 2.01. The smallest absolute Gasteiger partial charge is 0.345 e. The molecule has 0 bridgehead atoms. The van der Waals surface area contributed by atoms with Crippen molar-refractivity contribution in [2.45, 2.75) is 19.4 Å². The number of aliphatic carboxylic acids is 1. The number of hydrogen-bond acceptors (Lipinski definition) is 2. The van der Waals surface area contributed by atoms with Crippen LogP contribution in [0.15, 0.2) is 66.7 Å². The fourth-order valence-corrected chi connectivity index (χ4v) is 2.70. The normalized spacial score (nSPS) is 12.0. The van der Waals surface area contributed by atoms with Gasteiger partial charge in [-0.3, -0.25) is 0 Å². The predicted octanol–water partition coefficient (Wildman–Crippen LogP) is 4.22. The van der Waals surface area contributed by atoms with Crippen LogP contribution in [0.3, 0.4) is 0 Å². The highest BCUT2D eigenvalue weighted by atomic mass is 16.5. The Labute approximate surface area is 135 Å². The van der Waals surface area contributed by atoms with Crippen molar-refractivity contribution in [3.8, 4) is 5.75 Å². The Hall–Kier alpha value is -2.81. The number of rotatable bonds is 5. The first-order chi connectivity index (χ1) is 11.1. The Bertz CT molecular complexity index is 834. The molecule has 1 atom stereocenters. The third-order valence-electron chi connectivity index (χ3n) is 3.83. The van der Waals surface area contributed by atoms with Crippen molar-refractivity contribution in [3.05, 3.63) is 77.9 Å². The fourth-order valence-electron chi connectivity index (χ4n) is 2.70. The Kier molecular flexibility index (Phi) is 4.29. The third-order valence-corrected chi connectivity index (χ3v) is 3.83. The van der Waals surface area contributed by atoms with Gasteiger partial charge in [0.05, 0.1) is 0 Å². The van der Waals surface area contributed by atoms with Crippen LogP contribution < -0.4 is 4.74 Å². The molecule has 0 spiro atoms. The number of carbonyl (C=O) groups is 1. The molecular weight excluding hydrogens is 288 g/mol. The third kappa shape index (κ3) is 3.51. The quantitative estimate of drug-likeness (QED) is 0.767. The number of carboxylic acids is 1. The second-order valence-electron chi connectivity index (χ2n) is 5.60. The molecule has 0 saturated carbocycles. The van der Waals surface area contributed by atoms with Crippen molar-refractivity contribution in [2.75, 3.05) is 0 Å². The molecule has 0 aromatic heterocycles. The van der Waals surface area contributed by atoms with E-state index in [0.29, 0.717) is 12.2 Å². The minimum atomic E-state index is -0.959. The summed E-state index contributed by atoms with van der Waals surface area (Å²) in [7, 11) is 0. The summed E-state index contributed by atoms with van der Waals surface area (Å²) in [4.78, 5) is 11.6. The molecule has 0 radical (unpaired) electrons. The van der Waals surface area contributed by atoms with Crippen molar-refractivity contribution in [3.63, 3.8) is 0 Å². The number of carboxylic acid groups (broad SMARTS) is 1. The standard InChI is InChI=1S/C20H18O3/c1-14-6-4-10-17(12-14)23-19(20(21)22)13-16-9-5-8-15-7-2-3-11-18(15)16/h2-12,19H,13H2,1H3,(H,21,22)/t19-/m0/s1. The van der Waals surface area contributed by atoms with E-state index in [0.717, 1.165) is 21.9 Å². The first-order valence-corrected chi connectivity index (χ1v) is 7.56. The van der Waals surface area contributed by atoms with E-state index in [1.807, 2.05) is 67.6 Å². The maximum atomic E-state index is 11.6. The minimum Gasteiger partial charge on any atom is -0.478 e. The molecule has 0 aliphatic rings. The average Bonchev–Trinajstić information content (AvgIpc) is 2.54. The summed E-state index contributed by atoms with van der Waals surface area (Å²) < 4.78 is 5.71. The van der Waals surface area contributed by atoms with Gasteiger partial charge in [0.25, 0.3) is 0 Å². The second-order valence-corrected chi connectivity index (χ2v) is 5.60. The summed E-state index contributed by atoms with van der Waals surface area (Å²) in [5, 5.41) is 11.7. The summed E-state index contributed by atoms with van der Waals surface area (Å²) in [5.74, 6) is -0.378. The molecule has 3 aromatic rings. The zero-order valence-corrected chi connectivity index (χ0v) is 12.9. The van der Waals surface area contributed by atoms with Crippen LogP contribution in [-0.4, -0.2) is 17.2 Å². The molecule has 0 heterocycles. The molecule has 3 rings (SSSR count). The lowest BCUT2D eigenvalue weighted by atomic mass is 10.00. The van der Waals surface area contributed by atoms with Gasteiger partial charge in [-0.1, -0.05) is 54.6 Å². The molecule has 3 nitrogen and oxygen atoms in total. The number of ether oxygens (including phenoxy) is 1. The monoisotopic (exact) mass is 306 g/mol. The topological polar surface area (TPSA) is 46.5 Å². The van der Waals surface area contributed by atoms with E-state index in [9.17, 15) is 9.90 Å². The van der Waals surface area contributed by atoms with Gasteiger partial charge in [0, 0.05) is 6.42 Å². The van der Waals surface area contributed by atoms with Crippen LogP contribution in [0.25, 0.3) is 10.8 Å². The van der Waals surface area contributed by atoms with E-state index in [2.05, 4.69) is 0 Å². The molecule has 23 heavy (non-hydrogen) atoms. The molecule has 116 valence electrons. The maximum Gasteiger partial charge on any atom is 0.345 e. The van der Waals surface area contributed by atoms with Gasteiger partial charge in [-0.05, 0) is 41.0 Å². The Balaban J connectivity index is 1.88. The predicted molar refractivity (Wildman–Crippen MR) is 90.9 cm³/mol. The summed E-state index contributed by atoms with van der Waals surface area (Å²) in [6.45, 7) is 1.95. The summed E-state index contributed by atoms with van der Waals surface area (Å²) >= 11 is 0. The van der Waals surface area contributed by atoms with Gasteiger partial charge in [0.1, 0.15) is 5.75 Å². The molecule has 0 unspecified atom stereocenters. The summed E-state index contributed by atoms with van der Waals surface area (Å²) in [6.07, 6.45) is -0.590. The largest absolute Gasteiger partial charge is 0.478 e. The summed E-state index contributed by atoms with van der Waals surface area (Å²) in [6, 6.07) is 21.3. The van der Waals surface area contributed by atoms with Crippen LogP contribution in [0.5, 0.6) is 5.75 Å². The highest BCUT2D eigenvalue weighted by Crippen LogP contribution is 2.22. The van der Waals surface area contributed by atoms with Gasteiger partial charge in [0.15, 0.2) is 6.10 Å². The van der Waals surface area contributed by atoms with Crippen molar-refractivity contribution < 1.29 is 14.6 Å². The van der Waals surface area contributed by atoms with Crippen LogP contribution in [-0.2, 0) is 11.2 Å². The lowest BCUT2D eigenvalue weighted by molar-refractivity contribution is -0.145. The van der Waals surface area contributed by atoms with Crippen LogP contribution >= 0.6 is 0 Å². The lowest BCUT2D eigenvalue weighted by Gasteiger charge is -2.16. The number of hydrogen-bond donors (Lipinski definition) is 1. The lowest BCUT2D eigenvalue weighted by Crippen LogP contribution is -2.29. The highest BCUT2D eigenvalue weighted by molar-refractivity contribution is 5.86. The van der Waals surface area contributed by atoms with Crippen molar-refractivity contribution >= 4 is 16.7 Å². The number of fused-ring (bicyclic) bond motifs is 1. The van der Waals surface area contributed by atoms with Crippen molar-refractivity contribution in [1.82, 2.24) is 0 Å². The molecule has 3 heteroatoms. The van der Waals surface area contributed by atoms with E-state index < -0.39 is 12.1 Å². The van der Waals surface area contributed by atoms with Gasteiger partial charge < -0.3 is 9.84 Å². The second kappa shape index (κ2) is 6.53. The molecule has 3 aromatic carbocycles. The Morgan fingerprint density at radius 1 is 1.04 bits per heavy atom. The highest BCUT2D eigenvalue weighted by Gasteiger charge is 2.21. The van der Waals surface area contributed by atoms with Gasteiger partial charge in [-0.15, -0.1) is 0 Å². The molecule has 0 amide bonds. The van der Waals surface area contributed by atoms with E-state index in [4.69, 9.17) is 4.74 Å². The van der Waals surface area contributed by atoms with Gasteiger partial charge in [-0.2, -0.15) is 0 Å². The van der Waals surface area contributed by atoms with E-state index in [1.165, 1.54) is 0 Å². The van der Waals surface area contributed by atoms with E-state index in [1.54, 1.807) is 6.07 Å². The SMILES string of the molecule is Cc1cccc(O[C@@H](Cc2cccc3ccccc23)C(=O)O)c1. The van der Waals surface area contributed by atoms with Gasteiger partial charge in [0.2, 0.25) is 0 Å². The van der Waals surface area contributed by atoms with Crippen LogP contribution in [0.1, 0.15) is 11.1 Å². The van der Waals surface area contributed by atoms with Crippen LogP contribution in [0.2, 0.25) is 0 Å². The zero-order valence-electron chi connectivity index (χ0n) is 12.9. The van der Waals surface area contributed by atoms with Crippen LogP contribution in [0, 0.1) is 6.92 Å². The van der Waals surface area contributed by atoms with Crippen molar-refractivity contribution in [2.24, 2.45) is 0 Å².